The number of anilines is 1. The summed E-state index contributed by atoms with van der Waals surface area (Å²) in [6.07, 6.45) is 1.50. The van der Waals surface area contributed by atoms with E-state index in [4.69, 9.17) is 11.6 Å². The van der Waals surface area contributed by atoms with Gasteiger partial charge in [0, 0.05) is 19.7 Å². The lowest BCUT2D eigenvalue weighted by atomic mass is 10.1. The predicted molar refractivity (Wildman–Crippen MR) is 120 cm³/mol. The number of nitrogens with one attached hydrogen (secondary N) is 2. The number of pyridine rings is 1. The van der Waals surface area contributed by atoms with E-state index in [1.165, 1.54) is 23.0 Å². The van der Waals surface area contributed by atoms with Crippen molar-refractivity contribution in [3.63, 3.8) is 0 Å². The highest BCUT2D eigenvalue weighted by molar-refractivity contribution is 9.10. The van der Waals surface area contributed by atoms with Crippen LogP contribution in [0.5, 0.6) is 5.75 Å². The van der Waals surface area contributed by atoms with Crippen molar-refractivity contribution in [2.45, 2.75) is 19.9 Å². The highest BCUT2D eigenvalue weighted by Gasteiger charge is 2.23. The van der Waals surface area contributed by atoms with Crippen LogP contribution in [0.25, 0.3) is 5.82 Å². The Balaban J connectivity index is 0.00000363. The standard InChI is InChI=1S/C20H16BrClN6O3.H2/c1-10(2)25-19(30)12-6-11(9-23)7-15(29)17(12)26-20(31)14-8-16(21)27-28(14)18-13(22)4-3-5-24-18;/h3-8,10,29H,1-2H3,(H,25,30)(H,26,31);1H. The summed E-state index contributed by atoms with van der Waals surface area (Å²) in [4.78, 5) is 29.8. The summed E-state index contributed by atoms with van der Waals surface area (Å²) in [6, 6.07) is 8.79. The van der Waals surface area contributed by atoms with Gasteiger partial charge in [-0.2, -0.15) is 10.4 Å². The van der Waals surface area contributed by atoms with Gasteiger partial charge in [0.1, 0.15) is 16.0 Å². The number of halogens is 2. The van der Waals surface area contributed by atoms with E-state index in [1.54, 1.807) is 26.0 Å². The van der Waals surface area contributed by atoms with E-state index < -0.39 is 17.6 Å². The van der Waals surface area contributed by atoms with Crippen molar-refractivity contribution in [1.29, 1.82) is 5.26 Å². The van der Waals surface area contributed by atoms with Crippen LogP contribution >= 0.6 is 27.5 Å². The zero-order chi connectivity index (χ0) is 22.7. The van der Waals surface area contributed by atoms with E-state index in [0.29, 0.717) is 4.60 Å². The number of hydrogen-bond donors (Lipinski definition) is 3. The van der Waals surface area contributed by atoms with E-state index in [1.807, 2.05) is 6.07 Å². The molecular weight excluding hydrogens is 488 g/mol. The second-order valence-electron chi connectivity index (χ2n) is 6.68. The van der Waals surface area contributed by atoms with Crippen LogP contribution in [0.3, 0.4) is 0 Å². The van der Waals surface area contributed by atoms with Crippen molar-refractivity contribution in [2.75, 3.05) is 5.32 Å². The van der Waals surface area contributed by atoms with E-state index in [2.05, 4.69) is 36.6 Å². The molecule has 0 spiro atoms. The first-order chi connectivity index (χ1) is 14.7. The molecule has 11 heteroatoms. The smallest absolute Gasteiger partial charge is 0.274 e. The number of carbonyl (C=O) groups is 2. The molecule has 2 aromatic heterocycles. The Labute approximate surface area is 192 Å². The molecule has 0 aliphatic rings. The Morgan fingerprint density at radius 3 is 2.71 bits per heavy atom. The number of hydrogen-bond acceptors (Lipinski definition) is 6. The van der Waals surface area contributed by atoms with E-state index in [0.717, 1.165) is 6.07 Å². The Hall–Kier alpha value is -3.42. The Bertz CT molecular complexity index is 1220. The summed E-state index contributed by atoms with van der Waals surface area (Å²) in [5.74, 6) is -1.44. The maximum Gasteiger partial charge on any atom is 0.274 e. The minimum Gasteiger partial charge on any atom is -0.506 e. The zero-order valence-electron chi connectivity index (χ0n) is 16.3. The summed E-state index contributed by atoms with van der Waals surface area (Å²) >= 11 is 9.41. The minimum absolute atomic E-state index is 0. The minimum atomic E-state index is -0.682. The molecule has 160 valence electrons. The first-order valence-electron chi connectivity index (χ1n) is 8.97. The molecule has 3 aromatic rings. The molecule has 0 bridgehead atoms. The van der Waals surface area contributed by atoms with Crippen LogP contribution in [0, 0.1) is 11.3 Å². The van der Waals surface area contributed by atoms with Gasteiger partial charge in [0.15, 0.2) is 5.82 Å². The lowest BCUT2D eigenvalue weighted by Gasteiger charge is -2.15. The van der Waals surface area contributed by atoms with Crippen molar-refractivity contribution in [3.8, 4) is 17.6 Å². The third-order valence-corrected chi connectivity index (χ3v) is 4.68. The molecule has 0 fully saturated rings. The SMILES string of the molecule is CC(C)NC(=O)c1cc(C#N)cc(O)c1NC(=O)c1cc(Br)nn1-c1ncccc1Cl.[HH]. The fraction of sp³-hybridized carbons (Fsp3) is 0.150. The van der Waals surface area contributed by atoms with Crippen molar-refractivity contribution >= 4 is 45.0 Å². The summed E-state index contributed by atoms with van der Waals surface area (Å²) in [7, 11) is 0. The number of rotatable bonds is 5. The molecule has 0 aliphatic heterocycles. The third-order valence-electron chi connectivity index (χ3n) is 4.00. The van der Waals surface area contributed by atoms with Crippen LogP contribution in [-0.4, -0.2) is 37.7 Å². The zero-order valence-corrected chi connectivity index (χ0v) is 18.7. The number of nitriles is 1. The van der Waals surface area contributed by atoms with E-state index >= 15 is 0 Å². The highest BCUT2D eigenvalue weighted by Crippen LogP contribution is 2.31. The molecule has 31 heavy (non-hydrogen) atoms. The molecule has 0 atom stereocenters. The van der Waals surface area contributed by atoms with Crippen LogP contribution in [0.4, 0.5) is 5.69 Å². The largest absolute Gasteiger partial charge is 0.506 e. The normalized spacial score (nSPS) is 10.6. The second-order valence-corrected chi connectivity index (χ2v) is 7.90. The Morgan fingerprint density at radius 2 is 2.06 bits per heavy atom. The number of phenolic OH excluding ortho intramolecular Hbond substituents is 1. The number of carbonyl (C=O) groups excluding carboxylic acids is 2. The molecular formula is C20H18BrClN6O3. The van der Waals surface area contributed by atoms with Gasteiger partial charge in [0.2, 0.25) is 0 Å². The molecule has 0 unspecified atom stereocenters. The van der Waals surface area contributed by atoms with Gasteiger partial charge in [-0.25, -0.2) is 9.67 Å². The van der Waals surface area contributed by atoms with Gasteiger partial charge in [-0.15, -0.1) is 0 Å². The lowest BCUT2D eigenvalue weighted by molar-refractivity contribution is 0.0943. The molecule has 0 saturated carbocycles. The monoisotopic (exact) mass is 504 g/mol. The number of aromatic nitrogens is 3. The van der Waals surface area contributed by atoms with Gasteiger partial charge in [0.25, 0.3) is 11.8 Å². The maximum atomic E-state index is 13.1. The maximum absolute atomic E-state index is 13.1. The van der Waals surface area contributed by atoms with Crippen molar-refractivity contribution in [2.24, 2.45) is 0 Å². The first-order valence-corrected chi connectivity index (χ1v) is 10.1. The van der Waals surface area contributed by atoms with Crippen molar-refractivity contribution in [1.82, 2.24) is 20.1 Å². The lowest BCUT2D eigenvalue weighted by Crippen LogP contribution is -2.31. The van der Waals surface area contributed by atoms with Gasteiger partial charge < -0.3 is 15.7 Å². The molecule has 1 aromatic carbocycles. The number of aromatic hydroxyl groups is 1. The highest BCUT2D eigenvalue weighted by atomic mass is 79.9. The van der Waals surface area contributed by atoms with Gasteiger partial charge in [0.05, 0.1) is 27.9 Å². The Morgan fingerprint density at radius 1 is 1.32 bits per heavy atom. The van der Waals surface area contributed by atoms with Crippen LogP contribution in [0.2, 0.25) is 5.02 Å². The fourth-order valence-electron chi connectivity index (χ4n) is 2.73. The molecule has 3 N–H and O–H groups in total. The molecule has 3 rings (SSSR count). The fourth-order valence-corrected chi connectivity index (χ4v) is 3.30. The van der Waals surface area contributed by atoms with Gasteiger partial charge in [-0.3, -0.25) is 9.59 Å². The number of nitrogens with zero attached hydrogens (tertiary/aromatic N) is 4. The quantitative estimate of drug-likeness (QED) is 0.451. The number of amides is 2. The summed E-state index contributed by atoms with van der Waals surface area (Å²) in [6.45, 7) is 3.52. The molecule has 2 amide bonds. The number of benzene rings is 1. The van der Waals surface area contributed by atoms with E-state index in [-0.39, 0.29) is 40.8 Å². The molecule has 0 radical (unpaired) electrons. The molecule has 9 nitrogen and oxygen atoms in total. The predicted octanol–water partition coefficient (Wildman–Crippen LogP) is 3.90. The van der Waals surface area contributed by atoms with Gasteiger partial charge in [-0.1, -0.05) is 11.6 Å². The average Bonchev–Trinajstić information content (AvgIpc) is 3.10. The first kappa shape index (κ1) is 22.3. The topological polar surface area (TPSA) is 133 Å². The van der Waals surface area contributed by atoms with E-state index in [9.17, 15) is 20.0 Å². The van der Waals surface area contributed by atoms with Gasteiger partial charge in [-0.05, 0) is 54.0 Å². The molecule has 0 saturated heterocycles. The van der Waals surface area contributed by atoms with Crippen molar-refractivity contribution < 1.29 is 16.1 Å². The number of phenols is 1. The third kappa shape index (κ3) is 4.84. The van der Waals surface area contributed by atoms with Crippen LogP contribution in [0.1, 0.15) is 41.7 Å². The summed E-state index contributed by atoms with van der Waals surface area (Å²) < 4.78 is 1.58. The van der Waals surface area contributed by atoms with Crippen LogP contribution in [-0.2, 0) is 0 Å². The summed E-state index contributed by atoms with van der Waals surface area (Å²) in [5, 5.41) is 29.3. The van der Waals surface area contributed by atoms with Crippen molar-refractivity contribution in [3.05, 3.63) is 63.0 Å². The summed E-state index contributed by atoms with van der Waals surface area (Å²) in [5.41, 5.74) is -0.0818. The average molecular weight is 506 g/mol. The molecule has 0 aliphatic carbocycles. The van der Waals surface area contributed by atoms with Gasteiger partial charge >= 0.3 is 0 Å². The van der Waals surface area contributed by atoms with Crippen LogP contribution in [0.15, 0.2) is 41.1 Å². The van der Waals surface area contributed by atoms with Crippen LogP contribution < -0.4 is 10.6 Å². The Kier molecular flexibility index (Phi) is 6.58. The second kappa shape index (κ2) is 9.16. The molecule has 2 heterocycles.